The molecule has 0 aliphatic heterocycles. The monoisotopic (exact) mass is 260 g/mol. The number of benzene rings is 1. The molecule has 0 saturated heterocycles. The Kier molecular flexibility index (Phi) is 3.62. The molecule has 0 spiro atoms. The average molecular weight is 260 g/mol. The molecule has 0 saturated carbocycles. The quantitative estimate of drug-likeness (QED) is 0.860. The number of aromatic carboxylic acids is 1. The van der Waals surface area contributed by atoms with Gasteiger partial charge in [0.2, 0.25) is 0 Å². The zero-order chi connectivity index (χ0) is 13.1. The summed E-state index contributed by atoms with van der Waals surface area (Å²) in [6.45, 7) is 3.61. The third-order valence-electron chi connectivity index (χ3n) is 2.41. The van der Waals surface area contributed by atoms with Crippen molar-refractivity contribution < 1.29 is 9.90 Å². The summed E-state index contributed by atoms with van der Waals surface area (Å²) in [5.74, 6) is -0.209. The number of hydrogen-bond donors (Lipinski definition) is 1. The molecule has 1 heterocycles. The lowest BCUT2D eigenvalue weighted by Gasteiger charge is -2.05. The van der Waals surface area contributed by atoms with Gasteiger partial charge in [-0.25, -0.2) is 14.8 Å². The van der Waals surface area contributed by atoms with E-state index in [1.165, 1.54) is 11.8 Å². The van der Waals surface area contributed by atoms with Crippen molar-refractivity contribution in [2.24, 2.45) is 0 Å². The predicted octanol–water partition coefficient (Wildman–Crippen LogP) is 2.94. The second kappa shape index (κ2) is 5.18. The van der Waals surface area contributed by atoms with Crippen molar-refractivity contribution in [3.8, 4) is 0 Å². The summed E-state index contributed by atoms with van der Waals surface area (Å²) in [6.07, 6.45) is 1.69. The zero-order valence-corrected chi connectivity index (χ0v) is 10.9. The minimum absolute atomic E-state index is 0.325. The van der Waals surface area contributed by atoms with Gasteiger partial charge >= 0.3 is 5.97 Å². The van der Waals surface area contributed by atoms with Crippen molar-refractivity contribution in [1.29, 1.82) is 0 Å². The van der Waals surface area contributed by atoms with E-state index < -0.39 is 5.97 Å². The van der Waals surface area contributed by atoms with E-state index in [1.54, 1.807) is 31.3 Å². The molecule has 5 heteroatoms. The Morgan fingerprint density at radius 2 is 2.06 bits per heavy atom. The Bertz CT molecular complexity index is 599. The van der Waals surface area contributed by atoms with Gasteiger partial charge < -0.3 is 5.11 Å². The summed E-state index contributed by atoms with van der Waals surface area (Å²) < 4.78 is 0. The zero-order valence-electron chi connectivity index (χ0n) is 10.0. The van der Waals surface area contributed by atoms with Crippen LogP contribution in [-0.2, 0) is 0 Å². The third kappa shape index (κ3) is 2.87. The molecule has 1 N–H and O–H groups in total. The van der Waals surface area contributed by atoms with Gasteiger partial charge in [0.15, 0.2) is 0 Å². The van der Waals surface area contributed by atoms with Crippen LogP contribution < -0.4 is 0 Å². The largest absolute Gasteiger partial charge is 0.478 e. The van der Waals surface area contributed by atoms with Gasteiger partial charge in [-0.05, 0) is 37.6 Å². The molecule has 1 aromatic carbocycles. The van der Waals surface area contributed by atoms with Crippen LogP contribution in [0.25, 0.3) is 0 Å². The van der Waals surface area contributed by atoms with Crippen LogP contribution in [0.15, 0.2) is 40.4 Å². The molecular formula is C13H12N2O2S. The van der Waals surface area contributed by atoms with E-state index in [1.807, 2.05) is 13.0 Å². The smallest absolute Gasteiger partial charge is 0.335 e. The van der Waals surface area contributed by atoms with Crippen molar-refractivity contribution in [2.45, 2.75) is 23.8 Å². The summed E-state index contributed by atoms with van der Waals surface area (Å²) in [5, 5.41) is 9.87. The molecule has 18 heavy (non-hydrogen) atoms. The Labute approximate surface area is 109 Å². The average Bonchev–Trinajstić information content (AvgIpc) is 2.31. The highest BCUT2D eigenvalue weighted by Gasteiger charge is 2.09. The first kappa shape index (κ1) is 12.6. The van der Waals surface area contributed by atoms with Crippen LogP contribution in [0.2, 0.25) is 0 Å². The highest BCUT2D eigenvalue weighted by molar-refractivity contribution is 7.99. The Hall–Kier alpha value is -1.88. The fraction of sp³-hybridized carbons (Fsp3) is 0.154. The third-order valence-corrected chi connectivity index (χ3v) is 3.34. The second-order valence-electron chi connectivity index (χ2n) is 3.83. The molecule has 0 unspecified atom stereocenters. The maximum Gasteiger partial charge on any atom is 0.335 e. The number of aryl methyl sites for hydroxylation is 2. The molecule has 0 radical (unpaired) electrons. The standard InChI is InChI=1S/C13H12N2O2S/c1-8-3-4-10(7-11(8)13(16)17)18-12-5-6-14-9(2)15-12/h3-7H,1-2H3,(H,16,17). The van der Waals surface area contributed by atoms with Crippen LogP contribution in [0.5, 0.6) is 0 Å². The van der Waals surface area contributed by atoms with Crippen molar-refractivity contribution in [3.05, 3.63) is 47.4 Å². The molecule has 4 nitrogen and oxygen atoms in total. The molecule has 2 aromatic rings. The first-order chi connectivity index (χ1) is 8.56. The van der Waals surface area contributed by atoms with E-state index in [4.69, 9.17) is 5.11 Å². The predicted molar refractivity (Wildman–Crippen MR) is 69.0 cm³/mol. The second-order valence-corrected chi connectivity index (χ2v) is 4.92. The lowest BCUT2D eigenvalue weighted by molar-refractivity contribution is 0.0696. The SMILES string of the molecule is Cc1nccc(Sc2ccc(C)c(C(=O)O)c2)n1. The van der Waals surface area contributed by atoms with Crippen LogP contribution in [-0.4, -0.2) is 21.0 Å². The maximum atomic E-state index is 11.0. The normalized spacial score (nSPS) is 10.3. The van der Waals surface area contributed by atoms with E-state index in [0.29, 0.717) is 11.4 Å². The first-order valence-electron chi connectivity index (χ1n) is 5.38. The van der Waals surface area contributed by atoms with Crippen LogP contribution >= 0.6 is 11.8 Å². The number of nitrogens with zero attached hydrogens (tertiary/aromatic N) is 2. The summed E-state index contributed by atoms with van der Waals surface area (Å²) >= 11 is 1.43. The van der Waals surface area contributed by atoms with Gasteiger partial charge in [-0.1, -0.05) is 17.8 Å². The molecule has 0 aliphatic carbocycles. The minimum atomic E-state index is -0.909. The number of hydrogen-bond acceptors (Lipinski definition) is 4. The lowest BCUT2D eigenvalue weighted by Crippen LogP contribution is -1.99. The Morgan fingerprint density at radius 3 is 2.72 bits per heavy atom. The maximum absolute atomic E-state index is 11.0. The van der Waals surface area contributed by atoms with E-state index >= 15 is 0 Å². The number of carboxylic acid groups (broad SMARTS) is 1. The number of carbonyl (C=O) groups is 1. The summed E-state index contributed by atoms with van der Waals surface area (Å²) in [7, 11) is 0. The minimum Gasteiger partial charge on any atom is -0.478 e. The highest BCUT2D eigenvalue weighted by Crippen LogP contribution is 2.27. The lowest BCUT2D eigenvalue weighted by atomic mass is 10.1. The summed E-state index contributed by atoms with van der Waals surface area (Å²) in [4.78, 5) is 20.2. The van der Waals surface area contributed by atoms with Crippen LogP contribution in [0.1, 0.15) is 21.7 Å². The van der Waals surface area contributed by atoms with Crippen LogP contribution in [0.3, 0.4) is 0 Å². The van der Waals surface area contributed by atoms with Gasteiger partial charge in [0, 0.05) is 11.1 Å². The molecule has 0 atom stereocenters. The summed E-state index contributed by atoms with van der Waals surface area (Å²) in [6, 6.07) is 7.17. The van der Waals surface area contributed by atoms with Crippen LogP contribution in [0, 0.1) is 13.8 Å². The fourth-order valence-corrected chi connectivity index (χ4v) is 2.37. The van der Waals surface area contributed by atoms with E-state index in [0.717, 1.165) is 15.5 Å². The van der Waals surface area contributed by atoms with Gasteiger partial charge in [0.1, 0.15) is 10.9 Å². The molecule has 2 rings (SSSR count). The van der Waals surface area contributed by atoms with Crippen LogP contribution in [0.4, 0.5) is 0 Å². The number of aromatic nitrogens is 2. The number of carboxylic acids is 1. The molecule has 1 aromatic heterocycles. The molecule has 0 bridgehead atoms. The van der Waals surface area contributed by atoms with Crippen molar-refractivity contribution in [3.63, 3.8) is 0 Å². The van der Waals surface area contributed by atoms with Gasteiger partial charge in [-0.15, -0.1) is 0 Å². The molecular weight excluding hydrogens is 248 g/mol. The molecule has 0 fully saturated rings. The Morgan fingerprint density at radius 1 is 1.28 bits per heavy atom. The Balaban J connectivity index is 2.30. The number of rotatable bonds is 3. The highest BCUT2D eigenvalue weighted by atomic mass is 32.2. The van der Waals surface area contributed by atoms with Gasteiger partial charge in [0.05, 0.1) is 5.56 Å². The van der Waals surface area contributed by atoms with E-state index in [2.05, 4.69) is 9.97 Å². The van der Waals surface area contributed by atoms with Gasteiger partial charge in [0.25, 0.3) is 0 Å². The van der Waals surface area contributed by atoms with Gasteiger partial charge in [-0.3, -0.25) is 0 Å². The summed E-state index contributed by atoms with van der Waals surface area (Å²) in [5.41, 5.74) is 1.08. The molecule has 0 aliphatic rings. The molecule has 92 valence electrons. The van der Waals surface area contributed by atoms with E-state index in [9.17, 15) is 4.79 Å². The van der Waals surface area contributed by atoms with Gasteiger partial charge in [-0.2, -0.15) is 0 Å². The van der Waals surface area contributed by atoms with Crippen molar-refractivity contribution in [2.75, 3.05) is 0 Å². The first-order valence-corrected chi connectivity index (χ1v) is 6.19. The fourth-order valence-electron chi connectivity index (χ4n) is 1.51. The van der Waals surface area contributed by atoms with Crippen molar-refractivity contribution in [1.82, 2.24) is 9.97 Å². The molecule has 0 amide bonds. The van der Waals surface area contributed by atoms with Crippen molar-refractivity contribution >= 4 is 17.7 Å². The van der Waals surface area contributed by atoms with E-state index in [-0.39, 0.29) is 0 Å². The topological polar surface area (TPSA) is 63.1 Å².